The van der Waals surface area contributed by atoms with Gasteiger partial charge in [0, 0.05) is 42.5 Å². The third kappa shape index (κ3) is 5.19. The van der Waals surface area contributed by atoms with Crippen molar-refractivity contribution in [1.82, 2.24) is 9.47 Å². The van der Waals surface area contributed by atoms with Crippen molar-refractivity contribution in [3.63, 3.8) is 0 Å². The highest BCUT2D eigenvalue weighted by Crippen LogP contribution is 2.32. The van der Waals surface area contributed by atoms with E-state index in [1.165, 1.54) is 17.0 Å². The number of aromatic nitrogens is 1. The average Bonchev–Trinajstić information content (AvgIpc) is 3.07. The smallest absolute Gasteiger partial charge is 0.407 e. The molecule has 170 valence electrons. The van der Waals surface area contributed by atoms with E-state index in [-0.39, 0.29) is 10.7 Å². The lowest BCUT2D eigenvalue weighted by atomic mass is 10.0. The molecule has 0 aliphatic carbocycles. The lowest BCUT2D eigenvalue weighted by Crippen LogP contribution is -2.32. The van der Waals surface area contributed by atoms with Gasteiger partial charge in [-0.1, -0.05) is 19.1 Å². The second kappa shape index (κ2) is 9.56. The van der Waals surface area contributed by atoms with Gasteiger partial charge in [-0.05, 0) is 67.3 Å². The quantitative estimate of drug-likeness (QED) is 0.519. The van der Waals surface area contributed by atoms with E-state index in [2.05, 4.69) is 0 Å². The minimum absolute atomic E-state index is 0.214. The highest BCUT2D eigenvalue weighted by atomic mass is 32.2. The molecule has 0 unspecified atom stereocenters. The van der Waals surface area contributed by atoms with Crippen molar-refractivity contribution >= 4 is 15.9 Å². The number of benzene rings is 2. The van der Waals surface area contributed by atoms with Crippen LogP contribution in [0.1, 0.15) is 24.6 Å². The number of hydrogen-bond acceptors (Lipinski definition) is 3. The van der Waals surface area contributed by atoms with Crippen LogP contribution in [0.4, 0.5) is 9.18 Å². The zero-order valence-corrected chi connectivity index (χ0v) is 19.2. The number of nitrogens with zero attached hydrogens (tertiary/aromatic N) is 2. The molecule has 32 heavy (non-hydrogen) atoms. The van der Waals surface area contributed by atoms with Crippen LogP contribution < -0.4 is 0 Å². The lowest BCUT2D eigenvalue weighted by Gasteiger charge is -2.19. The fraction of sp³-hybridized carbons (Fsp3) is 0.292. The Hall–Kier alpha value is -3.13. The standard InChI is InChI=1S/C24H27FN2O4S/c1-4-13-26(24(28)29)14-12-22-17(2)27(20-10-8-19(25)9-11-20)16-23(22)18-6-5-7-21(15-18)32(3,30)31/h5-11,15-16H,4,12-14H2,1-3H3,(H,28,29). The summed E-state index contributed by atoms with van der Waals surface area (Å²) in [6, 6.07) is 12.8. The highest BCUT2D eigenvalue weighted by Gasteiger charge is 2.19. The summed E-state index contributed by atoms with van der Waals surface area (Å²) in [5.41, 5.74) is 4.11. The van der Waals surface area contributed by atoms with Gasteiger partial charge in [-0.3, -0.25) is 0 Å². The summed E-state index contributed by atoms with van der Waals surface area (Å²) >= 11 is 0. The summed E-state index contributed by atoms with van der Waals surface area (Å²) in [5, 5.41) is 9.49. The SMILES string of the molecule is CCCN(CCc1c(-c2cccc(S(C)(=O)=O)c2)cn(-c2ccc(F)cc2)c1C)C(=O)O. The zero-order valence-electron chi connectivity index (χ0n) is 18.4. The minimum atomic E-state index is -3.39. The molecule has 1 aromatic heterocycles. The van der Waals surface area contributed by atoms with Crippen LogP contribution >= 0.6 is 0 Å². The number of carboxylic acid groups (broad SMARTS) is 1. The fourth-order valence-corrected chi connectivity index (χ4v) is 4.46. The maximum absolute atomic E-state index is 13.4. The molecule has 0 aliphatic heterocycles. The Kier molecular flexibility index (Phi) is 7.03. The number of rotatable bonds is 8. The van der Waals surface area contributed by atoms with Crippen LogP contribution in [0.2, 0.25) is 0 Å². The molecule has 0 atom stereocenters. The molecule has 0 fully saturated rings. The van der Waals surface area contributed by atoms with Crippen molar-refractivity contribution in [3.05, 3.63) is 71.8 Å². The van der Waals surface area contributed by atoms with Gasteiger partial charge in [-0.25, -0.2) is 17.6 Å². The first-order chi connectivity index (χ1) is 15.1. The van der Waals surface area contributed by atoms with Crippen LogP contribution in [0.15, 0.2) is 59.6 Å². The Balaban J connectivity index is 2.11. The summed E-state index contributed by atoms with van der Waals surface area (Å²) in [6.07, 6.45) is 3.26. The molecule has 0 aliphatic rings. The van der Waals surface area contributed by atoms with E-state index in [0.29, 0.717) is 25.9 Å². The number of halogens is 1. The molecular formula is C24H27FN2O4S. The van der Waals surface area contributed by atoms with E-state index in [9.17, 15) is 22.7 Å². The Labute approximate surface area is 187 Å². The topological polar surface area (TPSA) is 79.6 Å². The summed E-state index contributed by atoms with van der Waals surface area (Å²) in [6.45, 7) is 4.60. The third-order valence-corrected chi connectivity index (χ3v) is 6.57. The van der Waals surface area contributed by atoms with E-state index >= 15 is 0 Å². The van der Waals surface area contributed by atoms with Gasteiger partial charge in [0.15, 0.2) is 9.84 Å². The first-order valence-electron chi connectivity index (χ1n) is 10.4. The van der Waals surface area contributed by atoms with E-state index < -0.39 is 15.9 Å². The molecule has 0 saturated carbocycles. The van der Waals surface area contributed by atoms with Crippen LogP contribution in [-0.2, 0) is 16.3 Å². The Morgan fingerprint density at radius 2 is 1.81 bits per heavy atom. The number of amides is 1. The fourth-order valence-electron chi connectivity index (χ4n) is 3.79. The summed E-state index contributed by atoms with van der Waals surface area (Å²) in [4.78, 5) is 13.2. The molecule has 1 amide bonds. The van der Waals surface area contributed by atoms with Crippen molar-refractivity contribution < 1.29 is 22.7 Å². The van der Waals surface area contributed by atoms with Crippen molar-refractivity contribution in [2.45, 2.75) is 31.6 Å². The highest BCUT2D eigenvalue weighted by molar-refractivity contribution is 7.90. The molecule has 1 heterocycles. The molecule has 0 radical (unpaired) electrons. The minimum Gasteiger partial charge on any atom is -0.465 e. The van der Waals surface area contributed by atoms with Gasteiger partial charge < -0.3 is 14.6 Å². The Morgan fingerprint density at radius 3 is 2.41 bits per heavy atom. The second-order valence-corrected chi connectivity index (χ2v) is 9.79. The maximum atomic E-state index is 13.4. The second-order valence-electron chi connectivity index (χ2n) is 7.77. The molecule has 8 heteroatoms. The molecule has 0 saturated heterocycles. The largest absolute Gasteiger partial charge is 0.465 e. The summed E-state index contributed by atoms with van der Waals surface area (Å²) in [5.74, 6) is -0.337. The van der Waals surface area contributed by atoms with Crippen LogP contribution in [0.5, 0.6) is 0 Å². The molecule has 0 spiro atoms. The molecule has 3 aromatic rings. The third-order valence-electron chi connectivity index (χ3n) is 5.46. The van der Waals surface area contributed by atoms with Gasteiger partial charge in [0.05, 0.1) is 4.90 Å². The number of hydrogen-bond donors (Lipinski definition) is 1. The van der Waals surface area contributed by atoms with Gasteiger partial charge in [0.1, 0.15) is 5.82 Å². The van der Waals surface area contributed by atoms with Crippen LogP contribution in [0.3, 0.4) is 0 Å². The van der Waals surface area contributed by atoms with Gasteiger partial charge in [0.2, 0.25) is 0 Å². The normalized spacial score (nSPS) is 11.5. The van der Waals surface area contributed by atoms with Crippen LogP contribution in [-0.4, -0.2) is 48.4 Å². The summed E-state index contributed by atoms with van der Waals surface area (Å²) in [7, 11) is -3.39. The molecule has 0 bridgehead atoms. The molecule has 3 rings (SSSR count). The van der Waals surface area contributed by atoms with Gasteiger partial charge in [0.25, 0.3) is 0 Å². The van der Waals surface area contributed by atoms with E-state index in [1.54, 1.807) is 30.3 Å². The van der Waals surface area contributed by atoms with E-state index in [4.69, 9.17) is 0 Å². The Bertz CT molecular complexity index is 1220. The average molecular weight is 459 g/mol. The molecular weight excluding hydrogens is 431 g/mol. The number of sulfone groups is 1. The molecule has 1 N–H and O–H groups in total. The van der Waals surface area contributed by atoms with Crippen LogP contribution in [0.25, 0.3) is 16.8 Å². The molecule has 6 nitrogen and oxygen atoms in total. The van der Waals surface area contributed by atoms with E-state index in [1.807, 2.05) is 30.7 Å². The monoisotopic (exact) mass is 458 g/mol. The van der Waals surface area contributed by atoms with Gasteiger partial charge >= 0.3 is 6.09 Å². The van der Waals surface area contributed by atoms with Crippen molar-refractivity contribution in [1.29, 1.82) is 0 Å². The predicted octanol–water partition coefficient (Wildman–Crippen LogP) is 4.93. The summed E-state index contributed by atoms with van der Waals surface area (Å²) < 4.78 is 39.5. The van der Waals surface area contributed by atoms with Gasteiger partial charge in [-0.15, -0.1) is 0 Å². The van der Waals surface area contributed by atoms with Crippen molar-refractivity contribution in [2.24, 2.45) is 0 Å². The van der Waals surface area contributed by atoms with Gasteiger partial charge in [-0.2, -0.15) is 0 Å². The Morgan fingerprint density at radius 1 is 1.12 bits per heavy atom. The maximum Gasteiger partial charge on any atom is 0.407 e. The van der Waals surface area contributed by atoms with Crippen LogP contribution in [0, 0.1) is 12.7 Å². The van der Waals surface area contributed by atoms with E-state index in [0.717, 1.165) is 34.3 Å². The molecule has 2 aromatic carbocycles. The predicted molar refractivity (Wildman–Crippen MR) is 123 cm³/mol. The first-order valence-corrected chi connectivity index (χ1v) is 12.3. The first kappa shape index (κ1) is 23.5. The zero-order chi connectivity index (χ0) is 23.5. The van der Waals surface area contributed by atoms with Crippen molar-refractivity contribution in [3.8, 4) is 16.8 Å². The van der Waals surface area contributed by atoms with Crippen molar-refractivity contribution in [2.75, 3.05) is 19.3 Å². The number of carbonyl (C=O) groups is 1. The lowest BCUT2D eigenvalue weighted by molar-refractivity contribution is 0.145.